The van der Waals surface area contributed by atoms with Gasteiger partial charge < -0.3 is 6.15 Å². The SMILES string of the molecule is C.ClCCl.N. The van der Waals surface area contributed by atoms with E-state index in [1.807, 2.05) is 0 Å². The summed E-state index contributed by atoms with van der Waals surface area (Å²) in [6, 6.07) is 0. The Morgan fingerprint density at radius 2 is 1.20 bits per heavy atom. The molecule has 1 nitrogen and oxygen atoms in total. The number of alkyl halides is 2. The molecule has 0 spiro atoms. The van der Waals surface area contributed by atoms with Gasteiger partial charge in [-0.25, -0.2) is 0 Å². The van der Waals surface area contributed by atoms with E-state index >= 15 is 0 Å². The highest BCUT2D eigenvalue weighted by molar-refractivity contribution is 6.40. The fourth-order valence-electron chi connectivity index (χ4n) is 0. The molecular weight excluding hydrogens is 109 g/mol. The minimum absolute atomic E-state index is 0. The Bertz CT molecular complexity index is 7.61. The molecule has 0 aliphatic heterocycles. The molecule has 3 heteroatoms. The fraction of sp³-hybridized carbons (Fsp3) is 1.00. The summed E-state index contributed by atoms with van der Waals surface area (Å²) < 4.78 is 0. The van der Waals surface area contributed by atoms with Gasteiger partial charge in [0, 0.05) is 0 Å². The number of rotatable bonds is 0. The number of halogens is 2. The Balaban J connectivity index is -0.0000000200. The molecule has 5 heavy (non-hydrogen) atoms. The third-order valence-corrected chi connectivity index (χ3v) is 0. The van der Waals surface area contributed by atoms with Crippen LogP contribution in [-0.2, 0) is 0 Å². The van der Waals surface area contributed by atoms with Crippen molar-refractivity contribution in [2.75, 3.05) is 5.34 Å². The second kappa shape index (κ2) is 24.0. The topological polar surface area (TPSA) is 35.0 Å². The molecule has 36 valence electrons. The van der Waals surface area contributed by atoms with Crippen molar-refractivity contribution >= 4 is 23.2 Å². The third-order valence-electron chi connectivity index (χ3n) is 0. The van der Waals surface area contributed by atoms with Crippen LogP contribution < -0.4 is 6.15 Å². The second-order valence-electron chi connectivity index (χ2n) is 0.101. The molecule has 0 fully saturated rings. The summed E-state index contributed by atoms with van der Waals surface area (Å²) in [5.74, 6) is 0. The van der Waals surface area contributed by atoms with Gasteiger partial charge in [-0.1, -0.05) is 7.43 Å². The van der Waals surface area contributed by atoms with Crippen LogP contribution in [0.1, 0.15) is 7.43 Å². The molecule has 0 amide bonds. The van der Waals surface area contributed by atoms with Crippen molar-refractivity contribution < 1.29 is 0 Å². The minimum atomic E-state index is 0. The maximum Gasteiger partial charge on any atom is 0.0967 e. The van der Waals surface area contributed by atoms with Gasteiger partial charge in [-0.15, -0.1) is 23.2 Å². The summed E-state index contributed by atoms with van der Waals surface area (Å²) >= 11 is 9.53. The molecule has 0 aromatic rings. The van der Waals surface area contributed by atoms with Crippen LogP contribution in [0.2, 0.25) is 0 Å². The van der Waals surface area contributed by atoms with Crippen molar-refractivity contribution in [3.63, 3.8) is 0 Å². The van der Waals surface area contributed by atoms with Crippen molar-refractivity contribution in [1.29, 1.82) is 0 Å². The fourth-order valence-corrected chi connectivity index (χ4v) is 0. The molecule has 0 aliphatic carbocycles. The van der Waals surface area contributed by atoms with Gasteiger partial charge in [-0.2, -0.15) is 0 Å². The van der Waals surface area contributed by atoms with E-state index in [9.17, 15) is 0 Å². The molecule has 0 unspecified atom stereocenters. The Hall–Kier alpha value is 0.540. The summed E-state index contributed by atoms with van der Waals surface area (Å²) in [4.78, 5) is 0. The standard InChI is InChI=1S/CH2Cl2.CH4.H3N/c2-1-3;;/h1H2;1H4;1H3. The van der Waals surface area contributed by atoms with Crippen LogP contribution >= 0.6 is 23.2 Å². The molecule has 0 saturated heterocycles. The van der Waals surface area contributed by atoms with Gasteiger partial charge >= 0.3 is 0 Å². The van der Waals surface area contributed by atoms with Gasteiger partial charge in [0.25, 0.3) is 0 Å². The Morgan fingerprint density at radius 1 is 1.20 bits per heavy atom. The van der Waals surface area contributed by atoms with Crippen molar-refractivity contribution in [3.05, 3.63) is 0 Å². The Morgan fingerprint density at radius 3 is 1.20 bits per heavy atom. The van der Waals surface area contributed by atoms with Crippen LogP contribution in [-0.4, -0.2) is 5.34 Å². The highest BCUT2D eigenvalue weighted by Gasteiger charge is 1.41. The molecule has 0 aromatic carbocycles. The molecule has 0 radical (unpaired) electrons. The van der Waals surface area contributed by atoms with Crippen LogP contribution in [0.3, 0.4) is 0 Å². The van der Waals surface area contributed by atoms with Crippen LogP contribution in [0.15, 0.2) is 0 Å². The lowest BCUT2D eigenvalue weighted by Crippen LogP contribution is -1.24. The Labute approximate surface area is 42.9 Å². The van der Waals surface area contributed by atoms with Crippen molar-refractivity contribution in [1.82, 2.24) is 6.15 Å². The maximum atomic E-state index is 4.76. The van der Waals surface area contributed by atoms with Crippen molar-refractivity contribution in [3.8, 4) is 0 Å². The largest absolute Gasteiger partial charge is 0.344 e. The van der Waals surface area contributed by atoms with E-state index in [-0.39, 0.29) is 18.9 Å². The molecule has 0 aromatic heterocycles. The highest BCUT2D eigenvalue weighted by atomic mass is 35.5. The molecule has 0 atom stereocenters. The van der Waals surface area contributed by atoms with E-state index in [4.69, 9.17) is 23.2 Å². The smallest absolute Gasteiger partial charge is 0.0967 e. The maximum absolute atomic E-state index is 4.76. The lowest BCUT2D eigenvalue weighted by Gasteiger charge is -1.42. The highest BCUT2D eigenvalue weighted by Crippen LogP contribution is 1.73. The molecule has 0 heterocycles. The van der Waals surface area contributed by atoms with Gasteiger partial charge in [-0.3, -0.25) is 0 Å². The van der Waals surface area contributed by atoms with E-state index in [1.54, 1.807) is 0 Å². The first-order chi connectivity index (χ1) is 1.41. The second-order valence-corrected chi connectivity index (χ2v) is 0.909. The van der Waals surface area contributed by atoms with Crippen LogP contribution in [0.4, 0.5) is 0 Å². The third kappa shape index (κ3) is 100. The zero-order valence-corrected chi connectivity index (χ0v) is 3.68. The van der Waals surface area contributed by atoms with Crippen molar-refractivity contribution in [2.24, 2.45) is 0 Å². The van der Waals surface area contributed by atoms with Gasteiger partial charge in [-0.05, 0) is 0 Å². The molecule has 0 rings (SSSR count). The predicted molar refractivity (Wildman–Crippen MR) is 28.3 cm³/mol. The van der Waals surface area contributed by atoms with E-state index in [0.717, 1.165) is 0 Å². The molecule has 0 bridgehead atoms. The summed E-state index contributed by atoms with van der Waals surface area (Å²) in [7, 11) is 0. The lowest BCUT2D eigenvalue weighted by atomic mass is 11.9. The Kier molecular flexibility index (Phi) is 84.9. The lowest BCUT2D eigenvalue weighted by molar-refractivity contribution is 2.13. The van der Waals surface area contributed by atoms with Crippen LogP contribution in [0.25, 0.3) is 0 Å². The van der Waals surface area contributed by atoms with E-state index in [1.165, 1.54) is 0 Å². The summed E-state index contributed by atoms with van der Waals surface area (Å²) in [6.07, 6.45) is 0. The molecule has 0 saturated carbocycles. The summed E-state index contributed by atoms with van der Waals surface area (Å²) in [6.45, 7) is 0. The van der Waals surface area contributed by atoms with E-state index in [2.05, 4.69) is 0 Å². The monoisotopic (exact) mass is 117 g/mol. The molecular formula is C2H9Cl2N. The zero-order chi connectivity index (χ0) is 2.71. The average Bonchev–Trinajstić information content (AvgIpc) is 0.918. The zero-order valence-electron chi connectivity index (χ0n) is 2.17. The van der Waals surface area contributed by atoms with Gasteiger partial charge in [0.15, 0.2) is 0 Å². The molecule has 0 aliphatic rings. The minimum Gasteiger partial charge on any atom is -0.344 e. The summed E-state index contributed by atoms with van der Waals surface area (Å²) in [5.41, 5.74) is 0. The quantitative estimate of drug-likeness (QED) is 0.486. The van der Waals surface area contributed by atoms with Crippen LogP contribution in [0.5, 0.6) is 0 Å². The van der Waals surface area contributed by atoms with Crippen LogP contribution in [0, 0.1) is 0 Å². The van der Waals surface area contributed by atoms with E-state index in [0.29, 0.717) is 0 Å². The van der Waals surface area contributed by atoms with Gasteiger partial charge in [0.1, 0.15) is 0 Å². The normalized spacial score (nSPS) is 3.60. The van der Waals surface area contributed by atoms with E-state index < -0.39 is 0 Å². The molecule has 3 N–H and O–H groups in total. The summed E-state index contributed by atoms with van der Waals surface area (Å²) in [5, 5.41) is 0.194. The average molecular weight is 118 g/mol. The first-order valence-electron chi connectivity index (χ1n) is 0.535. The first kappa shape index (κ1) is 17.7. The van der Waals surface area contributed by atoms with Gasteiger partial charge in [0.2, 0.25) is 0 Å². The predicted octanol–water partition coefficient (Wildman–Crippen LogP) is 2.22. The number of hydrogen-bond donors (Lipinski definition) is 1. The first-order valence-corrected chi connectivity index (χ1v) is 1.60. The van der Waals surface area contributed by atoms with Gasteiger partial charge in [0.05, 0.1) is 5.34 Å². The van der Waals surface area contributed by atoms with Crippen molar-refractivity contribution in [2.45, 2.75) is 7.43 Å². The number of hydrogen-bond acceptors (Lipinski definition) is 1.